The fourth-order valence-electron chi connectivity index (χ4n) is 3.87. The minimum Gasteiger partial charge on any atom is -0.481 e. The number of aliphatic carboxylic acids is 1. The predicted molar refractivity (Wildman–Crippen MR) is 71.2 cm³/mol. The van der Waals surface area contributed by atoms with Gasteiger partial charge in [-0.25, -0.2) is 0 Å². The molecule has 3 heteroatoms. The smallest absolute Gasteiger partial charge is 0.303 e. The fourth-order valence-corrected chi connectivity index (χ4v) is 3.87. The Morgan fingerprint density at radius 1 is 1.44 bits per heavy atom. The molecule has 1 saturated carbocycles. The van der Waals surface area contributed by atoms with E-state index in [2.05, 4.69) is 20.8 Å². The fraction of sp³-hybridized carbons (Fsp3) is 0.933. The van der Waals surface area contributed by atoms with Crippen molar-refractivity contribution in [2.45, 2.75) is 59.3 Å². The van der Waals surface area contributed by atoms with Crippen LogP contribution in [-0.4, -0.2) is 17.8 Å². The molecule has 0 bridgehead atoms. The highest BCUT2D eigenvalue weighted by Crippen LogP contribution is 2.52. The lowest BCUT2D eigenvalue weighted by Gasteiger charge is -2.36. The average Bonchev–Trinajstić information content (AvgIpc) is 2.54. The first-order chi connectivity index (χ1) is 8.39. The number of carbonyl (C=O) groups is 1. The van der Waals surface area contributed by atoms with Crippen molar-refractivity contribution < 1.29 is 14.3 Å². The number of carboxylic acid groups (broad SMARTS) is 1. The summed E-state index contributed by atoms with van der Waals surface area (Å²) in [4.78, 5) is 10.5. The molecule has 3 atom stereocenters. The van der Waals surface area contributed by atoms with Crippen molar-refractivity contribution >= 4 is 5.97 Å². The molecule has 18 heavy (non-hydrogen) atoms. The van der Waals surface area contributed by atoms with Crippen LogP contribution in [0, 0.1) is 23.2 Å². The first-order valence-electron chi connectivity index (χ1n) is 7.17. The second-order valence-electron chi connectivity index (χ2n) is 6.44. The summed E-state index contributed by atoms with van der Waals surface area (Å²) in [6.07, 6.45) is 4.99. The van der Waals surface area contributed by atoms with Crippen molar-refractivity contribution in [3.8, 4) is 0 Å². The summed E-state index contributed by atoms with van der Waals surface area (Å²) in [6, 6.07) is 0. The molecule has 0 amide bonds. The maximum atomic E-state index is 12.5. The standard InChI is InChI=1S/C15H27FO2/c1-11(5-4-6-14(17)18)13-8-7-12(9-10-16)15(13,2)3/h11-13H,4-10H2,1-3H3,(H,17,18). The highest BCUT2D eigenvalue weighted by atomic mass is 19.1. The van der Waals surface area contributed by atoms with Gasteiger partial charge in [0.25, 0.3) is 0 Å². The van der Waals surface area contributed by atoms with E-state index in [1.165, 1.54) is 6.42 Å². The maximum absolute atomic E-state index is 12.5. The van der Waals surface area contributed by atoms with Crippen LogP contribution in [-0.2, 0) is 4.79 Å². The maximum Gasteiger partial charge on any atom is 0.303 e. The van der Waals surface area contributed by atoms with Gasteiger partial charge in [0.15, 0.2) is 0 Å². The third-order valence-corrected chi connectivity index (χ3v) is 5.03. The number of alkyl halides is 1. The second kappa shape index (κ2) is 6.53. The molecule has 1 N–H and O–H groups in total. The van der Waals surface area contributed by atoms with Gasteiger partial charge in [0.05, 0.1) is 6.67 Å². The van der Waals surface area contributed by atoms with Gasteiger partial charge in [-0.05, 0) is 55.3 Å². The molecule has 106 valence electrons. The summed E-state index contributed by atoms with van der Waals surface area (Å²) in [6.45, 7) is 6.54. The van der Waals surface area contributed by atoms with Crippen molar-refractivity contribution in [3.05, 3.63) is 0 Å². The van der Waals surface area contributed by atoms with Gasteiger partial charge >= 0.3 is 5.97 Å². The van der Waals surface area contributed by atoms with E-state index in [1.54, 1.807) is 0 Å². The zero-order valence-corrected chi connectivity index (χ0v) is 11.9. The summed E-state index contributed by atoms with van der Waals surface area (Å²) in [5.41, 5.74) is 0.203. The number of carboxylic acids is 1. The topological polar surface area (TPSA) is 37.3 Å². The molecule has 1 rings (SSSR count). The summed E-state index contributed by atoms with van der Waals surface area (Å²) >= 11 is 0. The van der Waals surface area contributed by atoms with Crippen LogP contribution in [0.3, 0.4) is 0 Å². The molecule has 0 aromatic rings. The molecule has 0 heterocycles. The Kier molecular flexibility index (Phi) is 5.61. The van der Waals surface area contributed by atoms with Gasteiger partial charge in [-0.15, -0.1) is 0 Å². The molecule has 0 aromatic heterocycles. The zero-order valence-electron chi connectivity index (χ0n) is 11.9. The Labute approximate surface area is 110 Å². The van der Waals surface area contributed by atoms with Gasteiger partial charge in [0.1, 0.15) is 0 Å². The first-order valence-corrected chi connectivity index (χ1v) is 7.17. The van der Waals surface area contributed by atoms with Crippen LogP contribution < -0.4 is 0 Å². The van der Waals surface area contributed by atoms with Gasteiger partial charge in [0.2, 0.25) is 0 Å². The minimum absolute atomic E-state index is 0.203. The SMILES string of the molecule is CC(CCCC(=O)O)C1CCC(CCF)C1(C)C. The summed E-state index contributed by atoms with van der Waals surface area (Å²) in [5.74, 6) is 0.949. The van der Waals surface area contributed by atoms with Crippen LogP contribution in [0.4, 0.5) is 4.39 Å². The van der Waals surface area contributed by atoms with Gasteiger partial charge < -0.3 is 5.11 Å². The lowest BCUT2D eigenvalue weighted by Crippen LogP contribution is -2.29. The van der Waals surface area contributed by atoms with Crippen molar-refractivity contribution in [3.63, 3.8) is 0 Å². The van der Waals surface area contributed by atoms with Crippen molar-refractivity contribution in [2.24, 2.45) is 23.2 Å². The normalized spacial score (nSPS) is 28.2. The Morgan fingerprint density at radius 2 is 2.11 bits per heavy atom. The Morgan fingerprint density at radius 3 is 2.67 bits per heavy atom. The van der Waals surface area contributed by atoms with E-state index in [4.69, 9.17) is 5.11 Å². The van der Waals surface area contributed by atoms with Gasteiger partial charge in [-0.2, -0.15) is 0 Å². The van der Waals surface area contributed by atoms with E-state index < -0.39 is 5.97 Å². The van der Waals surface area contributed by atoms with Crippen LogP contribution in [0.15, 0.2) is 0 Å². The van der Waals surface area contributed by atoms with Crippen molar-refractivity contribution in [2.75, 3.05) is 6.67 Å². The van der Waals surface area contributed by atoms with Crippen LogP contribution in [0.1, 0.15) is 59.3 Å². The summed E-state index contributed by atoms with van der Waals surface area (Å²) in [7, 11) is 0. The molecular formula is C15H27FO2. The third kappa shape index (κ3) is 3.69. The van der Waals surface area contributed by atoms with E-state index in [1.807, 2.05) is 0 Å². The van der Waals surface area contributed by atoms with Crippen LogP contribution in [0.25, 0.3) is 0 Å². The molecule has 1 aliphatic carbocycles. The largest absolute Gasteiger partial charge is 0.481 e. The number of hydrogen-bond acceptors (Lipinski definition) is 1. The lowest BCUT2D eigenvalue weighted by atomic mass is 9.69. The predicted octanol–water partition coefficient (Wildman–Crippen LogP) is 4.29. The first kappa shape index (κ1) is 15.5. The van der Waals surface area contributed by atoms with Crippen LogP contribution in [0.5, 0.6) is 0 Å². The molecule has 0 aromatic carbocycles. The molecular weight excluding hydrogens is 231 g/mol. The number of halogens is 1. The van der Waals surface area contributed by atoms with E-state index in [-0.39, 0.29) is 18.5 Å². The molecule has 0 radical (unpaired) electrons. The van der Waals surface area contributed by atoms with Crippen LogP contribution in [0.2, 0.25) is 0 Å². The molecule has 1 fully saturated rings. The monoisotopic (exact) mass is 258 g/mol. The summed E-state index contributed by atoms with van der Waals surface area (Å²) < 4.78 is 12.5. The molecule has 2 nitrogen and oxygen atoms in total. The van der Waals surface area contributed by atoms with Gasteiger partial charge in [-0.3, -0.25) is 9.18 Å². The third-order valence-electron chi connectivity index (χ3n) is 5.03. The summed E-state index contributed by atoms with van der Waals surface area (Å²) in [5, 5.41) is 8.66. The highest BCUT2D eigenvalue weighted by Gasteiger charge is 2.44. The van der Waals surface area contributed by atoms with Gasteiger partial charge in [0, 0.05) is 6.42 Å². The van der Waals surface area contributed by atoms with E-state index in [0.29, 0.717) is 24.2 Å². The molecule has 0 aliphatic heterocycles. The quantitative estimate of drug-likeness (QED) is 0.739. The van der Waals surface area contributed by atoms with Gasteiger partial charge in [-0.1, -0.05) is 20.8 Å². The second-order valence-corrected chi connectivity index (χ2v) is 6.44. The van der Waals surface area contributed by atoms with E-state index in [9.17, 15) is 9.18 Å². The molecule has 0 spiro atoms. The average molecular weight is 258 g/mol. The Balaban J connectivity index is 2.48. The zero-order chi connectivity index (χ0) is 13.8. The Hall–Kier alpha value is -0.600. The molecule has 3 unspecified atom stereocenters. The van der Waals surface area contributed by atoms with Crippen molar-refractivity contribution in [1.82, 2.24) is 0 Å². The van der Waals surface area contributed by atoms with E-state index >= 15 is 0 Å². The number of rotatable bonds is 7. The molecule has 0 saturated heterocycles. The minimum atomic E-state index is -0.705. The van der Waals surface area contributed by atoms with Crippen molar-refractivity contribution in [1.29, 1.82) is 0 Å². The van der Waals surface area contributed by atoms with Crippen LogP contribution >= 0.6 is 0 Å². The number of hydrogen-bond donors (Lipinski definition) is 1. The highest BCUT2D eigenvalue weighted by molar-refractivity contribution is 5.66. The Bertz CT molecular complexity index is 276. The lowest BCUT2D eigenvalue weighted by molar-refractivity contribution is -0.137. The molecule has 1 aliphatic rings. The van der Waals surface area contributed by atoms with E-state index in [0.717, 1.165) is 19.3 Å².